The fraction of sp³-hybridized carbons (Fsp3) is 0.125. The zero-order valence-electron chi connectivity index (χ0n) is 24.7. The third kappa shape index (κ3) is 7.00. The molecule has 4 aromatic rings. The van der Waals surface area contributed by atoms with E-state index in [2.05, 4.69) is 15.4 Å². The summed E-state index contributed by atoms with van der Waals surface area (Å²) in [5.41, 5.74) is 3.35. The average Bonchev–Trinajstić information content (AvgIpc) is 3.33. The molecule has 0 atom stereocenters. The van der Waals surface area contributed by atoms with E-state index in [1.165, 1.54) is 17.0 Å². The summed E-state index contributed by atoms with van der Waals surface area (Å²) in [4.78, 5) is 27.0. The fourth-order valence-electron chi connectivity index (χ4n) is 4.69. The lowest BCUT2D eigenvalue weighted by atomic mass is 10.00. The Morgan fingerprint density at radius 2 is 1.42 bits per heavy atom. The Labute approximate surface area is 262 Å². The Bertz CT molecular complexity index is 2000. The van der Waals surface area contributed by atoms with E-state index in [0.29, 0.717) is 33.9 Å². The van der Waals surface area contributed by atoms with E-state index < -0.39 is 26.0 Å². The Morgan fingerprint density at radius 1 is 0.800 bits per heavy atom. The van der Waals surface area contributed by atoms with Gasteiger partial charge in [0.1, 0.15) is 6.54 Å². The number of rotatable bonds is 10. The minimum atomic E-state index is -3.98. The first kappa shape index (κ1) is 31.3. The number of carbonyl (C=O) groups excluding carboxylic acids is 2. The van der Waals surface area contributed by atoms with Crippen LogP contribution < -0.4 is 19.7 Å². The number of sulfonamides is 2. The van der Waals surface area contributed by atoms with Gasteiger partial charge in [0.25, 0.3) is 15.9 Å². The number of benzene rings is 4. The molecule has 0 saturated heterocycles. The summed E-state index contributed by atoms with van der Waals surface area (Å²) in [7, 11) is -4.65. The van der Waals surface area contributed by atoms with Gasteiger partial charge in [-0.15, -0.1) is 0 Å². The zero-order valence-corrected chi connectivity index (χ0v) is 26.3. The molecule has 11 nitrogen and oxygen atoms in total. The minimum Gasteiger partial charge on any atom is -0.354 e. The number of nitrogens with one attached hydrogen (secondary N) is 3. The first-order valence-electron chi connectivity index (χ1n) is 13.7. The van der Waals surface area contributed by atoms with Crippen LogP contribution in [0.5, 0.6) is 0 Å². The van der Waals surface area contributed by atoms with Crippen molar-refractivity contribution in [2.75, 3.05) is 46.6 Å². The largest absolute Gasteiger partial charge is 0.354 e. The number of hydrogen-bond donors (Lipinski definition) is 3. The van der Waals surface area contributed by atoms with Crippen molar-refractivity contribution < 1.29 is 26.4 Å². The van der Waals surface area contributed by atoms with Crippen LogP contribution >= 0.6 is 0 Å². The predicted octanol–water partition coefficient (Wildman–Crippen LogP) is 4.27. The van der Waals surface area contributed by atoms with Gasteiger partial charge in [0.05, 0.1) is 28.1 Å². The molecule has 0 radical (unpaired) electrons. The van der Waals surface area contributed by atoms with Crippen molar-refractivity contribution in [2.45, 2.75) is 4.90 Å². The van der Waals surface area contributed by atoms with Gasteiger partial charge >= 0.3 is 0 Å². The van der Waals surface area contributed by atoms with Crippen molar-refractivity contribution in [3.63, 3.8) is 0 Å². The number of likely N-dealkylation sites (N-methyl/N-ethyl adjacent to an activating group) is 1. The average molecular weight is 646 g/mol. The Hall–Kier alpha value is -5.14. The Balaban J connectivity index is 1.55. The van der Waals surface area contributed by atoms with Gasteiger partial charge in [-0.3, -0.25) is 18.6 Å². The molecule has 2 amide bonds. The van der Waals surface area contributed by atoms with Gasteiger partial charge in [-0.1, -0.05) is 48.5 Å². The molecule has 3 N–H and O–H groups in total. The van der Waals surface area contributed by atoms with Crippen LogP contribution in [0, 0.1) is 0 Å². The van der Waals surface area contributed by atoms with E-state index in [1.54, 1.807) is 74.8 Å². The molecule has 5 rings (SSSR count). The molecule has 232 valence electrons. The molecule has 0 spiro atoms. The van der Waals surface area contributed by atoms with Gasteiger partial charge in [-0.2, -0.15) is 0 Å². The van der Waals surface area contributed by atoms with Crippen LogP contribution in [0.3, 0.4) is 0 Å². The van der Waals surface area contributed by atoms with Crippen LogP contribution in [0.15, 0.2) is 108 Å². The van der Waals surface area contributed by atoms with Gasteiger partial charge in [-0.25, -0.2) is 16.8 Å². The number of fused-ring (bicyclic) bond motifs is 1. The van der Waals surface area contributed by atoms with E-state index in [0.717, 1.165) is 10.6 Å². The quantitative estimate of drug-likeness (QED) is 0.219. The number of para-hydroxylation sites is 1. The maximum atomic E-state index is 13.4. The molecule has 13 heteroatoms. The maximum absolute atomic E-state index is 13.4. The smallest absolute Gasteiger partial charge is 0.261 e. The molecule has 4 aromatic carbocycles. The van der Waals surface area contributed by atoms with Crippen molar-refractivity contribution in [2.24, 2.45) is 0 Å². The summed E-state index contributed by atoms with van der Waals surface area (Å²) in [6, 6.07) is 28.4. The molecule has 0 aromatic heterocycles. The Morgan fingerprint density at radius 3 is 2.02 bits per heavy atom. The molecular weight excluding hydrogens is 615 g/mol. The number of carbonyl (C=O) groups is 2. The van der Waals surface area contributed by atoms with Crippen LogP contribution in [0.4, 0.5) is 22.7 Å². The second kappa shape index (κ2) is 12.5. The zero-order chi connectivity index (χ0) is 32.4. The Kier molecular flexibility index (Phi) is 8.66. The highest BCUT2D eigenvalue weighted by molar-refractivity contribution is 7.92. The lowest BCUT2D eigenvalue weighted by molar-refractivity contribution is -0.127. The molecule has 1 aliphatic rings. The van der Waals surface area contributed by atoms with Gasteiger partial charge in [0.15, 0.2) is 0 Å². The van der Waals surface area contributed by atoms with E-state index in [9.17, 15) is 26.4 Å². The highest BCUT2D eigenvalue weighted by Crippen LogP contribution is 2.39. The first-order valence-corrected chi connectivity index (χ1v) is 17.0. The minimum absolute atomic E-state index is 0.0241. The van der Waals surface area contributed by atoms with Crippen LogP contribution in [0.25, 0.3) is 11.3 Å². The first-order chi connectivity index (χ1) is 21.3. The van der Waals surface area contributed by atoms with E-state index in [-0.39, 0.29) is 28.6 Å². The van der Waals surface area contributed by atoms with Crippen LogP contribution in [-0.2, 0) is 29.6 Å². The number of hydrogen-bond acceptors (Lipinski definition) is 7. The lowest BCUT2D eigenvalue weighted by Gasteiger charge is -2.24. The normalized spacial score (nSPS) is 13.8. The molecular formula is C32H31N5O6S2. The summed E-state index contributed by atoms with van der Waals surface area (Å²) in [5.74, 6) is -0.811. The van der Waals surface area contributed by atoms with Crippen LogP contribution in [0.1, 0.15) is 11.1 Å². The molecule has 0 unspecified atom stereocenters. The van der Waals surface area contributed by atoms with Gasteiger partial charge in [0.2, 0.25) is 15.9 Å². The summed E-state index contributed by atoms with van der Waals surface area (Å²) in [6.45, 7) is -0.362. The van der Waals surface area contributed by atoms with Crippen molar-refractivity contribution >= 4 is 65.9 Å². The SMILES string of the molecule is CN(C)C(=O)CN(c1ccc(NC(=C2C(=O)Nc3ccc(S(=O)(=O)Nc4ccccc4)cc32)c2ccccc2)cc1)S(C)(=O)=O. The molecule has 1 aliphatic heterocycles. The van der Waals surface area contributed by atoms with Gasteiger partial charge in [-0.05, 0) is 60.2 Å². The highest BCUT2D eigenvalue weighted by atomic mass is 32.2. The third-order valence-corrected chi connectivity index (χ3v) is 9.51. The summed E-state index contributed by atoms with van der Waals surface area (Å²) in [5, 5.41) is 6.10. The van der Waals surface area contributed by atoms with Crippen molar-refractivity contribution in [3.8, 4) is 0 Å². The van der Waals surface area contributed by atoms with Crippen LogP contribution in [-0.4, -0.2) is 60.4 Å². The number of anilines is 4. The van der Waals surface area contributed by atoms with E-state index >= 15 is 0 Å². The standard InChI is InChI=1S/C32H31N5O6S2/c1-36(2)29(38)21-37(44(3,40)41)25-16-14-23(15-17-25)33-31(22-10-6-4-7-11-22)30-27-20-26(18-19-28(27)34-32(30)39)45(42,43)35-24-12-8-5-9-13-24/h4-20,33,35H,21H2,1-3H3,(H,34,39). The van der Waals surface area contributed by atoms with Crippen molar-refractivity contribution in [1.29, 1.82) is 0 Å². The summed E-state index contributed by atoms with van der Waals surface area (Å²) in [6.07, 6.45) is 1.03. The fourth-order valence-corrected chi connectivity index (χ4v) is 6.62. The molecule has 45 heavy (non-hydrogen) atoms. The second-order valence-corrected chi connectivity index (χ2v) is 14.1. The molecule has 0 saturated carbocycles. The topological polar surface area (TPSA) is 145 Å². The van der Waals surface area contributed by atoms with E-state index in [4.69, 9.17) is 0 Å². The lowest BCUT2D eigenvalue weighted by Crippen LogP contribution is -2.39. The molecule has 0 fully saturated rings. The number of amides is 2. The van der Waals surface area contributed by atoms with Gasteiger partial charge in [0, 0.05) is 36.7 Å². The third-order valence-electron chi connectivity index (χ3n) is 6.99. The molecule has 0 aliphatic carbocycles. The molecule has 0 bridgehead atoms. The monoisotopic (exact) mass is 645 g/mol. The predicted molar refractivity (Wildman–Crippen MR) is 177 cm³/mol. The molecule has 1 heterocycles. The summed E-state index contributed by atoms with van der Waals surface area (Å²) < 4.78 is 55.1. The van der Waals surface area contributed by atoms with Gasteiger partial charge < -0.3 is 15.5 Å². The van der Waals surface area contributed by atoms with E-state index in [1.807, 2.05) is 30.3 Å². The second-order valence-electron chi connectivity index (χ2n) is 10.5. The van der Waals surface area contributed by atoms with Crippen LogP contribution in [0.2, 0.25) is 0 Å². The highest BCUT2D eigenvalue weighted by Gasteiger charge is 2.30. The van der Waals surface area contributed by atoms with Crippen molar-refractivity contribution in [1.82, 2.24) is 4.90 Å². The van der Waals surface area contributed by atoms with Crippen molar-refractivity contribution in [3.05, 3.63) is 114 Å². The maximum Gasteiger partial charge on any atom is 0.261 e. The summed E-state index contributed by atoms with van der Waals surface area (Å²) >= 11 is 0. The number of nitrogens with zero attached hydrogens (tertiary/aromatic N) is 2.